The molecule has 0 aliphatic heterocycles. The molecule has 1 amide bonds. The smallest absolute Gasteiger partial charge is 0.231 e. The second kappa shape index (κ2) is 6.39. The number of aromatic nitrogens is 1. The molecule has 0 bridgehead atoms. The maximum absolute atomic E-state index is 11.7. The van der Waals surface area contributed by atoms with Crippen LogP contribution in [0.1, 0.15) is 32.4 Å². The van der Waals surface area contributed by atoms with Gasteiger partial charge in [0.2, 0.25) is 11.8 Å². The van der Waals surface area contributed by atoms with E-state index in [1.807, 2.05) is 0 Å². The number of nitrogens with two attached hydrogens (primary N) is 1. The van der Waals surface area contributed by atoms with Gasteiger partial charge in [-0.2, -0.15) is 0 Å². The SMILES string of the molecule is Cc1cc(NC(=O)C[C@@H](CN)CC(C)C)on1. The number of hydrogen-bond acceptors (Lipinski definition) is 4. The molecule has 0 saturated carbocycles. The van der Waals surface area contributed by atoms with Crippen molar-refractivity contribution in [1.82, 2.24) is 5.16 Å². The lowest BCUT2D eigenvalue weighted by molar-refractivity contribution is -0.117. The van der Waals surface area contributed by atoms with Crippen molar-refractivity contribution in [3.8, 4) is 0 Å². The van der Waals surface area contributed by atoms with Gasteiger partial charge in [-0.05, 0) is 31.7 Å². The molecule has 1 heterocycles. The van der Waals surface area contributed by atoms with Gasteiger partial charge < -0.3 is 10.3 Å². The topological polar surface area (TPSA) is 81.2 Å². The Morgan fingerprint density at radius 3 is 2.76 bits per heavy atom. The van der Waals surface area contributed by atoms with Crippen LogP contribution in [0.4, 0.5) is 5.88 Å². The molecule has 17 heavy (non-hydrogen) atoms. The molecular formula is C12H21N3O2. The van der Waals surface area contributed by atoms with E-state index in [4.69, 9.17) is 10.3 Å². The van der Waals surface area contributed by atoms with Crippen molar-refractivity contribution in [2.75, 3.05) is 11.9 Å². The molecule has 1 aromatic heterocycles. The summed E-state index contributed by atoms with van der Waals surface area (Å²) in [7, 11) is 0. The molecule has 0 fully saturated rings. The maximum Gasteiger partial charge on any atom is 0.231 e. The van der Waals surface area contributed by atoms with Crippen LogP contribution < -0.4 is 11.1 Å². The summed E-state index contributed by atoms with van der Waals surface area (Å²) in [5.74, 6) is 1.09. The van der Waals surface area contributed by atoms with Crippen molar-refractivity contribution in [2.45, 2.75) is 33.6 Å². The van der Waals surface area contributed by atoms with Gasteiger partial charge in [0, 0.05) is 12.5 Å². The summed E-state index contributed by atoms with van der Waals surface area (Å²) in [4.78, 5) is 11.7. The van der Waals surface area contributed by atoms with Gasteiger partial charge >= 0.3 is 0 Å². The van der Waals surface area contributed by atoms with E-state index in [9.17, 15) is 4.79 Å². The first-order valence-electron chi connectivity index (χ1n) is 5.94. The van der Waals surface area contributed by atoms with Crippen molar-refractivity contribution in [1.29, 1.82) is 0 Å². The van der Waals surface area contributed by atoms with Crippen LogP contribution >= 0.6 is 0 Å². The third-order valence-electron chi connectivity index (χ3n) is 2.50. The van der Waals surface area contributed by atoms with Gasteiger partial charge in [-0.25, -0.2) is 0 Å². The van der Waals surface area contributed by atoms with Crippen molar-refractivity contribution in [2.24, 2.45) is 17.6 Å². The molecule has 3 N–H and O–H groups in total. The average molecular weight is 239 g/mol. The maximum atomic E-state index is 11.7. The highest BCUT2D eigenvalue weighted by atomic mass is 16.5. The van der Waals surface area contributed by atoms with Crippen LogP contribution in [0.3, 0.4) is 0 Å². The van der Waals surface area contributed by atoms with Crippen molar-refractivity contribution in [3.63, 3.8) is 0 Å². The molecule has 5 nitrogen and oxygen atoms in total. The Balaban J connectivity index is 2.42. The molecule has 0 aliphatic carbocycles. The molecule has 0 aromatic carbocycles. The summed E-state index contributed by atoms with van der Waals surface area (Å²) >= 11 is 0. The Bertz CT molecular complexity index is 360. The highest BCUT2D eigenvalue weighted by molar-refractivity contribution is 5.89. The predicted octanol–water partition coefficient (Wildman–Crippen LogP) is 1.93. The number of amides is 1. The second-order valence-electron chi connectivity index (χ2n) is 4.82. The van der Waals surface area contributed by atoms with E-state index in [0.717, 1.165) is 12.1 Å². The number of aryl methyl sites for hydroxylation is 1. The van der Waals surface area contributed by atoms with Gasteiger partial charge in [0.25, 0.3) is 0 Å². The van der Waals surface area contributed by atoms with Crippen LogP contribution in [0.25, 0.3) is 0 Å². The summed E-state index contributed by atoms with van der Waals surface area (Å²) in [5, 5.41) is 6.38. The largest absolute Gasteiger partial charge is 0.338 e. The highest BCUT2D eigenvalue weighted by Crippen LogP contribution is 2.16. The van der Waals surface area contributed by atoms with Gasteiger partial charge in [0.05, 0.1) is 5.69 Å². The van der Waals surface area contributed by atoms with E-state index >= 15 is 0 Å². The summed E-state index contributed by atoms with van der Waals surface area (Å²) in [5.41, 5.74) is 6.40. The molecule has 0 saturated heterocycles. The zero-order valence-corrected chi connectivity index (χ0v) is 10.7. The molecule has 96 valence electrons. The molecule has 0 unspecified atom stereocenters. The van der Waals surface area contributed by atoms with E-state index < -0.39 is 0 Å². The van der Waals surface area contributed by atoms with Crippen molar-refractivity contribution < 1.29 is 9.32 Å². The minimum Gasteiger partial charge on any atom is -0.338 e. The molecule has 0 radical (unpaired) electrons. The van der Waals surface area contributed by atoms with E-state index in [1.165, 1.54) is 0 Å². The van der Waals surface area contributed by atoms with Crippen LogP contribution in [-0.2, 0) is 4.79 Å². The quantitative estimate of drug-likeness (QED) is 0.794. The van der Waals surface area contributed by atoms with E-state index in [0.29, 0.717) is 24.8 Å². The minimum absolute atomic E-state index is 0.0720. The number of nitrogens with one attached hydrogen (secondary N) is 1. The van der Waals surface area contributed by atoms with Gasteiger partial charge in [0.1, 0.15) is 0 Å². The molecule has 0 aliphatic rings. The first-order chi connectivity index (χ1) is 8.01. The lowest BCUT2D eigenvalue weighted by Crippen LogP contribution is -2.23. The molecule has 0 spiro atoms. The van der Waals surface area contributed by atoms with Gasteiger partial charge in [0.15, 0.2) is 0 Å². The molecular weight excluding hydrogens is 218 g/mol. The Kier molecular flexibility index (Phi) is 5.15. The Hall–Kier alpha value is -1.36. The van der Waals surface area contributed by atoms with Crippen LogP contribution in [0.5, 0.6) is 0 Å². The lowest BCUT2D eigenvalue weighted by Gasteiger charge is -2.15. The van der Waals surface area contributed by atoms with Gasteiger partial charge in [-0.1, -0.05) is 19.0 Å². The molecule has 1 rings (SSSR count). The van der Waals surface area contributed by atoms with E-state index in [1.54, 1.807) is 13.0 Å². The third-order valence-corrected chi connectivity index (χ3v) is 2.50. The predicted molar refractivity (Wildman–Crippen MR) is 66.5 cm³/mol. The zero-order chi connectivity index (χ0) is 12.8. The number of carbonyl (C=O) groups is 1. The number of nitrogens with zero attached hydrogens (tertiary/aromatic N) is 1. The first kappa shape index (κ1) is 13.7. The van der Waals surface area contributed by atoms with Crippen molar-refractivity contribution in [3.05, 3.63) is 11.8 Å². The third kappa shape index (κ3) is 4.99. The fourth-order valence-electron chi connectivity index (χ4n) is 1.80. The monoisotopic (exact) mass is 239 g/mol. The fourth-order valence-corrected chi connectivity index (χ4v) is 1.80. The average Bonchev–Trinajstić information content (AvgIpc) is 2.62. The Morgan fingerprint density at radius 2 is 2.29 bits per heavy atom. The van der Waals surface area contributed by atoms with Crippen LogP contribution in [0.15, 0.2) is 10.6 Å². The van der Waals surface area contributed by atoms with Crippen LogP contribution in [0, 0.1) is 18.8 Å². The van der Waals surface area contributed by atoms with E-state index in [-0.39, 0.29) is 11.8 Å². The zero-order valence-electron chi connectivity index (χ0n) is 10.7. The second-order valence-corrected chi connectivity index (χ2v) is 4.82. The van der Waals surface area contributed by atoms with Crippen molar-refractivity contribution >= 4 is 11.8 Å². The minimum atomic E-state index is -0.0720. The standard InChI is InChI=1S/C12H21N3O2/c1-8(2)4-10(7-13)6-11(16)14-12-5-9(3)15-17-12/h5,8,10H,4,6-7,13H2,1-3H3,(H,14,16)/t10-/m0/s1. The summed E-state index contributed by atoms with van der Waals surface area (Å²) < 4.78 is 4.92. The molecule has 1 atom stereocenters. The van der Waals surface area contributed by atoms with E-state index in [2.05, 4.69) is 24.3 Å². The highest BCUT2D eigenvalue weighted by Gasteiger charge is 2.15. The van der Waals surface area contributed by atoms with Gasteiger partial charge in [-0.15, -0.1) is 0 Å². The number of rotatable bonds is 6. The molecule has 1 aromatic rings. The Labute approximate surface area is 102 Å². The summed E-state index contributed by atoms with van der Waals surface area (Å²) in [6.45, 7) is 6.59. The normalized spacial score (nSPS) is 12.8. The van der Waals surface area contributed by atoms with Crippen LogP contribution in [0.2, 0.25) is 0 Å². The summed E-state index contributed by atoms with van der Waals surface area (Å²) in [6, 6.07) is 1.69. The van der Waals surface area contributed by atoms with Crippen LogP contribution in [-0.4, -0.2) is 17.6 Å². The number of hydrogen-bond donors (Lipinski definition) is 2. The van der Waals surface area contributed by atoms with Gasteiger partial charge in [-0.3, -0.25) is 10.1 Å². The number of carbonyl (C=O) groups excluding carboxylic acids is 1. The fraction of sp³-hybridized carbons (Fsp3) is 0.667. The Morgan fingerprint density at radius 1 is 1.59 bits per heavy atom. The first-order valence-corrected chi connectivity index (χ1v) is 5.94. The summed E-state index contributed by atoms with van der Waals surface area (Å²) in [6.07, 6.45) is 1.38. The molecule has 5 heteroatoms. The number of anilines is 1. The lowest BCUT2D eigenvalue weighted by atomic mass is 9.94.